The Morgan fingerprint density at radius 2 is 2.32 bits per heavy atom. The number of carbonyl (C=O) groups excluding carboxylic acids is 1. The third-order valence-corrected chi connectivity index (χ3v) is 4.31. The van der Waals surface area contributed by atoms with Gasteiger partial charge in [0.1, 0.15) is 0 Å². The van der Waals surface area contributed by atoms with Gasteiger partial charge >= 0.3 is 0 Å². The van der Waals surface area contributed by atoms with E-state index < -0.39 is 0 Å². The fraction of sp³-hybridized carbons (Fsp3) is 0.562. The molecule has 1 aromatic carbocycles. The Labute approximate surface area is 115 Å². The molecule has 3 heteroatoms. The number of anilines is 1. The van der Waals surface area contributed by atoms with Gasteiger partial charge in [-0.15, -0.1) is 0 Å². The zero-order valence-electron chi connectivity index (χ0n) is 11.6. The molecule has 3 nitrogen and oxygen atoms in total. The third-order valence-electron chi connectivity index (χ3n) is 4.31. The quantitative estimate of drug-likeness (QED) is 0.882. The van der Waals surface area contributed by atoms with Gasteiger partial charge < -0.3 is 10.2 Å². The summed E-state index contributed by atoms with van der Waals surface area (Å²) in [5.74, 6) is 0.153. The highest BCUT2D eigenvalue weighted by Crippen LogP contribution is 2.29. The number of amides is 1. The van der Waals surface area contributed by atoms with Gasteiger partial charge in [0, 0.05) is 25.2 Å². The van der Waals surface area contributed by atoms with Crippen LogP contribution in [0.4, 0.5) is 5.69 Å². The van der Waals surface area contributed by atoms with Gasteiger partial charge in [-0.25, -0.2) is 0 Å². The summed E-state index contributed by atoms with van der Waals surface area (Å²) in [5.41, 5.74) is 3.86. The molecular formula is C16H22N2O. The minimum absolute atomic E-state index is 0.153. The van der Waals surface area contributed by atoms with Gasteiger partial charge in [0.2, 0.25) is 5.91 Å². The number of rotatable bonds is 2. The normalized spacial score (nSPS) is 22.4. The van der Waals surface area contributed by atoms with Crippen LogP contribution in [0.15, 0.2) is 18.2 Å². The summed E-state index contributed by atoms with van der Waals surface area (Å²) in [5, 5.41) is 3.60. The van der Waals surface area contributed by atoms with Crippen LogP contribution in [0.5, 0.6) is 0 Å². The Hall–Kier alpha value is -1.35. The first-order valence-electron chi connectivity index (χ1n) is 7.37. The largest absolute Gasteiger partial charge is 0.314 e. The number of carbonyl (C=O) groups is 1. The highest BCUT2D eigenvalue weighted by Gasteiger charge is 2.22. The van der Waals surface area contributed by atoms with Crippen LogP contribution in [-0.2, 0) is 17.6 Å². The Bertz CT molecular complexity index is 478. The second kappa shape index (κ2) is 5.33. The minimum atomic E-state index is 0.153. The lowest BCUT2D eigenvalue weighted by Gasteiger charge is -2.23. The smallest absolute Gasteiger partial charge is 0.223 e. The number of nitrogens with one attached hydrogen (secondary N) is 1. The predicted octanol–water partition coefficient (Wildman–Crippen LogP) is 2.28. The maximum Gasteiger partial charge on any atom is 0.223 e. The molecule has 0 aliphatic carbocycles. The van der Waals surface area contributed by atoms with Gasteiger partial charge in [0.15, 0.2) is 0 Å². The minimum Gasteiger partial charge on any atom is -0.314 e. The molecule has 2 heterocycles. The van der Waals surface area contributed by atoms with Crippen molar-refractivity contribution in [2.75, 3.05) is 18.0 Å². The van der Waals surface area contributed by atoms with Crippen molar-refractivity contribution >= 4 is 11.6 Å². The third kappa shape index (κ3) is 2.66. The van der Waals surface area contributed by atoms with Crippen molar-refractivity contribution in [2.24, 2.45) is 0 Å². The van der Waals surface area contributed by atoms with Crippen molar-refractivity contribution < 1.29 is 4.79 Å². The maximum absolute atomic E-state index is 11.5. The molecule has 102 valence electrons. The van der Waals surface area contributed by atoms with Crippen LogP contribution < -0.4 is 10.2 Å². The lowest BCUT2D eigenvalue weighted by molar-refractivity contribution is -0.116. The molecule has 0 saturated carbocycles. The number of benzene rings is 1. The van der Waals surface area contributed by atoms with Crippen LogP contribution in [-0.4, -0.2) is 25.0 Å². The lowest BCUT2D eigenvalue weighted by atomic mass is 9.96. The van der Waals surface area contributed by atoms with Crippen LogP contribution in [0.3, 0.4) is 0 Å². The molecule has 0 aromatic heterocycles. The highest BCUT2D eigenvalue weighted by atomic mass is 16.2. The molecule has 1 fully saturated rings. The predicted molar refractivity (Wildman–Crippen MR) is 77.5 cm³/mol. The van der Waals surface area contributed by atoms with Crippen LogP contribution >= 0.6 is 0 Å². The zero-order valence-corrected chi connectivity index (χ0v) is 11.6. The highest BCUT2D eigenvalue weighted by molar-refractivity contribution is 5.93. The summed E-state index contributed by atoms with van der Waals surface area (Å²) in [6.45, 7) is 3.65. The molecule has 19 heavy (non-hydrogen) atoms. The van der Waals surface area contributed by atoms with E-state index >= 15 is 0 Å². The van der Waals surface area contributed by atoms with Crippen molar-refractivity contribution in [3.05, 3.63) is 29.3 Å². The average molecular weight is 258 g/mol. The number of fused-ring (bicyclic) bond motifs is 1. The zero-order chi connectivity index (χ0) is 13.2. The summed E-state index contributed by atoms with van der Waals surface area (Å²) in [7, 11) is 0. The van der Waals surface area contributed by atoms with Gasteiger partial charge in [-0.1, -0.05) is 18.6 Å². The first-order valence-corrected chi connectivity index (χ1v) is 7.37. The Balaban J connectivity index is 1.73. The molecule has 0 spiro atoms. The molecule has 0 radical (unpaired) electrons. The fourth-order valence-electron chi connectivity index (χ4n) is 3.29. The van der Waals surface area contributed by atoms with Gasteiger partial charge in [0.25, 0.3) is 0 Å². The molecule has 1 saturated heterocycles. The molecule has 1 unspecified atom stereocenters. The second-order valence-electron chi connectivity index (χ2n) is 5.73. The van der Waals surface area contributed by atoms with Crippen molar-refractivity contribution in [1.29, 1.82) is 0 Å². The van der Waals surface area contributed by atoms with Gasteiger partial charge in [-0.2, -0.15) is 0 Å². The van der Waals surface area contributed by atoms with E-state index in [1.807, 2.05) is 4.90 Å². The Kier molecular flexibility index (Phi) is 3.56. The van der Waals surface area contributed by atoms with E-state index in [0.717, 1.165) is 31.6 Å². The van der Waals surface area contributed by atoms with E-state index in [1.165, 1.54) is 30.4 Å². The van der Waals surface area contributed by atoms with Crippen LogP contribution in [0.25, 0.3) is 0 Å². The standard InChI is InChI=1S/C16H22N2O/c1-12(19)18-9-7-14-10-13(5-6-16(14)18)11-15-4-2-3-8-17-15/h5-6,10,15,17H,2-4,7-9,11H2,1H3. The van der Waals surface area contributed by atoms with E-state index in [0.29, 0.717) is 6.04 Å². The molecule has 3 rings (SSSR count). The topological polar surface area (TPSA) is 32.3 Å². The van der Waals surface area contributed by atoms with Crippen molar-refractivity contribution in [2.45, 2.75) is 45.1 Å². The van der Waals surface area contributed by atoms with Crippen LogP contribution in [0.2, 0.25) is 0 Å². The van der Waals surface area contributed by atoms with E-state index in [-0.39, 0.29) is 5.91 Å². The first kappa shape index (κ1) is 12.7. The molecule has 1 amide bonds. The van der Waals surface area contributed by atoms with E-state index in [4.69, 9.17) is 0 Å². The molecule has 1 N–H and O–H groups in total. The first-order chi connectivity index (χ1) is 9.24. The summed E-state index contributed by atoms with van der Waals surface area (Å²) in [6.07, 6.45) is 6.07. The van der Waals surface area contributed by atoms with Crippen molar-refractivity contribution in [1.82, 2.24) is 5.32 Å². The van der Waals surface area contributed by atoms with Gasteiger partial charge in [0.05, 0.1) is 0 Å². The number of hydrogen-bond acceptors (Lipinski definition) is 2. The molecule has 2 aliphatic heterocycles. The number of piperidine rings is 1. The number of hydrogen-bond donors (Lipinski definition) is 1. The van der Waals surface area contributed by atoms with E-state index in [1.54, 1.807) is 6.92 Å². The Morgan fingerprint density at radius 1 is 1.42 bits per heavy atom. The molecule has 1 aromatic rings. The molecule has 1 atom stereocenters. The van der Waals surface area contributed by atoms with Gasteiger partial charge in [-0.3, -0.25) is 4.79 Å². The monoisotopic (exact) mass is 258 g/mol. The SMILES string of the molecule is CC(=O)N1CCc2cc(CC3CCCCN3)ccc21. The maximum atomic E-state index is 11.5. The second-order valence-corrected chi connectivity index (χ2v) is 5.73. The van der Waals surface area contributed by atoms with Crippen molar-refractivity contribution in [3.8, 4) is 0 Å². The van der Waals surface area contributed by atoms with Gasteiger partial charge in [-0.05, 0) is 49.4 Å². The molecule has 0 bridgehead atoms. The van der Waals surface area contributed by atoms with Crippen LogP contribution in [0, 0.1) is 0 Å². The van der Waals surface area contributed by atoms with Crippen molar-refractivity contribution in [3.63, 3.8) is 0 Å². The summed E-state index contributed by atoms with van der Waals surface area (Å²) < 4.78 is 0. The van der Waals surface area contributed by atoms with E-state index in [9.17, 15) is 4.79 Å². The fourth-order valence-corrected chi connectivity index (χ4v) is 3.29. The summed E-state index contributed by atoms with van der Waals surface area (Å²) >= 11 is 0. The van der Waals surface area contributed by atoms with Crippen LogP contribution in [0.1, 0.15) is 37.3 Å². The lowest BCUT2D eigenvalue weighted by Crippen LogP contribution is -2.35. The average Bonchev–Trinajstić information content (AvgIpc) is 2.83. The molecule has 2 aliphatic rings. The van der Waals surface area contributed by atoms with E-state index in [2.05, 4.69) is 23.5 Å². The summed E-state index contributed by atoms with van der Waals surface area (Å²) in [6, 6.07) is 7.25. The summed E-state index contributed by atoms with van der Waals surface area (Å²) in [4.78, 5) is 13.4. The number of nitrogens with zero attached hydrogens (tertiary/aromatic N) is 1. The molecular weight excluding hydrogens is 236 g/mol. The Morgan fingerprint density at radius 3 is 3.05 bits per heavy atom.